The van der Waals surface area contributed by atoms with E-state index >= 15 is 0 Å². The van der Waals surface area contributed by atoms with Gasteiger partial charge in [-0.15, -0.1) is 12.4 Å². The standard InChI is InChI=1S/C20H22F2N2O2.ClH/c1-26-15-5-2-13(3-6-15)10-20(25)24-19-12-23-9-8-16(19)14-4-7-17(21)18(22)11-14;/h2-7,11,16,19,23H,8-10,12H2,1H3,(H,24,25);1H. The van der Waals surface area contributed by atoms with Crippen LogP contribution in [0.2, 0.25) is 0 Å². The Morgan fingerprint density at radius 1 is 1.19 bits per heavy atom. The molecule has 0 spiro atoms. The molecule has 1 aliphatic rings. The minimum atomic E-state index is -0.859. The van der Waals surface area contributed by atoms with Crippen molar-refractivity contribution < 1.29 is 18.3 Å². The Morgan fingerprint density at radius 3 is 2.59 bits per heavy atom. The predicted octanol–water partition coefficient (Wildman–Crippen LogP) is 3.20. The van der Waals surface area contributed by atoms with E-state index in [4.69, 9.17) is 4.74 Å². The highest BCUT2D eigenvalue weighted by Crippen LogP contribution is 2.27. The van der Waals surface area contributed by atoms with Gasteiger partial charge in [0.15, 0.2) is 11.6 Å². The number of piperidine rings is 1. The first-order valence-corrected chi connectivity index (χ1v) is 8.65. The third-order valence-corrected chi connectivity index (χ3v) is 4.72. The third kappa shape index (κ3) is 5.40. The van der Waals surface area contributed by atoms with E-state index in [9.17, 15) is 13.6 Å². The highest BCUT2D eigenvalue weighted by molar-refractivity contribution is 5.85. The topological polar surface area (TPSA) is 50.4 Å². The summed E-state index contributed by atoms with van der Waals surface area (Å²) in [7, 11) is 1.59. The van der Waals surface area contributed by atoms with Gasteiger partial charge in [-0.25, -0.2) is 8.78 Å². The van der Waals surface area contributed by atoms with Crippen LogP contribution in [0.5, 0.6) is 5.75 Å². The smallest absolute Gasteiger partial charge is 0.224 e. The first-order chi connectivity index (χ1) is 12.6. The molecule has 0 bridgehead atoms. The average molecular weight is 397 g/mol. The SMILES string of the molecule is COc1ccc(CC(=O)NC2CNCCC2c2ccc(F)c(F)c2)cc1.Cl. The number of carbonyl (C=O) groups excluding carboxylic acids is 1. The van der Waals surface area contributed by atoms with Crippen LogP contribution in [0.3, 0.4) is 0 Å². The summed E-state index contributed by atoms with van der Waals surface area (Å²) in [5.74, 6) is -1.13. The van der Waals surface area contributed by atoms with Crippen LogP contribution >= 0.6 is 12.4 Å². The van der Waals surface area contributed by atoms with Crippen LogP contribution < -0.4 is 15.4 Å². The molecule has 1 fully saturated rings. The molecule has 4 nitrogen and oxygen atoms in total. The lowest BCUT2D eigenvalue weighted by atomic mass is 9.86. The highest BCUT2D eigenvalue weighted by Gasteiger charge is 2.28. The van der Waals surface area contributed by atoms with E-state index in [1.165, 1.54) is 6.07 Å². The number of hydrogen-bond acceptors (Lipinski definition) is 3. The van der Waals surface area contributed by atoms with Gasteiger partial charge in [0, 0.05) is 18.5 Å². The van der Waals surface area contributed by atoms with Crippen molar-refractivity contribution in [2.24, 2.45) is 0 Å². The normalized spacial score (nSPS) is 19.1. The fourth-order valence-corrected chi connectivity index (χ4v) is 3.34. The average Bonchev–Trinajstić information content (AvgIpc) is 2.65. The maximum atomic E-state index is 13.6. The summed E-state index contributed by atoms with van der Waals surface area (Å²) in [6.45, 7) is 1.37. The van der Waals surface area contributed by atoms with Gasteiger partial charge in [0.25, 0.3) is 0 Å². The van der Waals surface area contributed by atoms with Crippen LogP contribution in [-0.2, 0) is 11.2 Å². The molecule has 1 aliphatic heterocycles. The Labute approximate surface area is 163 Å². The van der Waals surface area contributed by atoms with Crippen molar-refractivity contribution in [3.05, 3.63) is 65.2 Å². The summed E-state index contributed by atoms with van der Waals surface area (Å²) in [5, 5.41) is 6.28. The molecule has 2 aromatic carbocycles. The summed E-state index contributed by atoms with van der Waals surface area (Å²) in [5.41, 5.74) is 1.59. The molecule has 0 saturated carbocycles. The summed E-state index contributed by atoms with van der Waals surface area (Å²) in [4.78, 5) is 12.4. The van der Waals surface area contributed by atoms with Crippen molar-refractivity contribution in [2.75, 3.05) is 20.2 Å². The zero-order valence-corrected chi connectivity index (χ0v) is 15.8. The molecule has 1 saturated heterocycles. The van der Waals surface area contributed by atoms with Gasteiger partial charge >= 0.3 is 0 Å². The second-order valence-electron chi connectivity index (χ2n) is 6.47. The summed E-state index contributed by atoms with van der Waals surface area (Å²) < 4.78 is 31.9. The molecule has 1 amide bonds. The first kappa shape index (κ1) is 21.1. The minimum Gasteiger partial charge on any atom is -0.497 e. The molecule has 3 rings (SSSR count). The third-order valence-electron chi connectivity index (χ3n) is 4.72. The van der Waals surface area contributed by atoms with Gasteiger partial charge < -0.3 is 15.4 Å². The van der Waals surface area contributed by atoms with E-state index in [0.717, 1.165) is 30.3 Å². The minimum absolute atomic E-state index is 0. The van der Waals surface area contributed by atoms with Crippen molar-refractivity contribution in [1.82, 2.24) is 10.6 Å². The maximum absolute atomic E-state index is 13.6. The zero-order chi connectivity index (χ0) is 18.5. The second-order valence-corrected chi connectivity index (χ2v) is 6.47. The van der Waals surface area contributed by atoms with Crippen molar-refractivity contribution in [2.45, 2.75) is 24.8 Å². The maximum Gasteiger partial charge on any atom is 0.224 e. The highest BCUT2D eigenvalue weighted by atomic mass is 35.5. The number of rotatable bonds is 5. The number of amides is 1. The summed E-state index contributed by atoms with van der Waals surface area (Å²) in [6, 6.07) is 11.1. The van der Waals surface area contributed by atoms with Crippen LogP contribution in [0, 0.1) is 11.6 Å². The quantitative estimate of drug-likeness (QED) is 0.816. The number of nitrogens with one attached hydrogen (secondary N) is 2. The molecule has 0 radical (unpaired) electrons. The Hall–Kier alpha value is -2.18. The fourth-order valence-electron chi connectivity index (χ4n) is 3.34. The van der Waals surface area contributed by atoms with Gasteiger partial charge in [-0.05, 0) is 48.4 Å². The Balaban J connectivity index is 0.00000261. The molecule has 0 aromatic heterocycles. The van der Waals surface area contributed by atoms with Crippen molar-refractivity contribution >= 4 is 18.3 Å². The van der Waals surface area contributed by atoms with Crippen LogP contribution in [0.1, 0.15) is 23.5 Å². The molecule has 2 atom stereocenters. The molecule has 27 heavy (non-hydrogen) atoms. The first-order valence-electron chi connectivity index (χ1n) is 8.65. The molecule has 0 aliphatic carbocycles. The molecular weight excluding hydrogens is 374 g/mol. The van der Waals surface area contributed by atoms with Gasteiger partial charge in [-0.2, -0.15) is 0 Å². The van der Waals surface area contributed by atoms with Crippen LogP contribution in [0.25, 0.3) is 0 Å². The molecule has 1 heterocycles. The van der Waals surface area contributed by atoms with E-state index in [1.807, 2.05) is 24.3 Å². The molecule has 146 valence electrons. The molecule has 2 unspecified atom stereocenters. The van der Waals surface area contributed by atoms with Crippen LogP contribution in [0.15, 0.2) is 42.5 Å². The lowest BCUT2D eigenvalue weighted by Crippen LogP contribution is -2.50. The molecule has 2 aromatic rings. The Kier molecular flexibility index (Phi) is 7.56. The van der Waals surface area contributed by atoms with E-state index in [2.05, 4.69) is 10.6 Å². The van der Waals surface area contributed by atoms with E-state index < -0.39 is 11.6 Å². The number of ether oxygens (including phenoxy) is 1. The zero-order valence-electron chi connectivity index (χ0n) is 15.0. The fraction of sp³-hybridized carbons (Fsp3) is 0.350. The number of hydrogen-bond donors (Lipinski definition) is 2. The Morgan fingerprint density at radius 2 is 1.93 bits per heavy atom. The molecule has 7 heteroatoms. The summed E-state index contributed by atoms with van der Waals surface area (Å²) >= 11 is 0. The number of halogens is 3. The lowest BCUT2D eigenvalue weighted by Gasteiger charge is -2.33. The van der Waals surface area contributed by atoms with Crippen LogP contribution in [-0.4, -0.2) is 32.1 Å². The van der Waals surface area contributed by atoms with Gasteiger partial charge in [0.2, 0.25) is 5.91 Å². The van der Waals surface area contributed by atoms with Gasteiger partial charge in [-0.1, -0.05) is 18.2 Å². The predicted molar refractivity (Wildman–Crippen MR) is 102 cm³/mol. The monoisotopic (exact) mass is 396 g/mol. The number of carbonyl (C=O) groups is 1. The van der Waals surface area contributed by atoms with Gasteiger partial charge in [0.1, 0.15) is 5.75 Å². The second kappa shape index (κ2) is 9.67. The van der Waals surface area contributed by atoms with Crippen LogP contribution in [0.4, 0.5) is 8.78 Å². The largest absolute Gasteiger partial charge is 0.497 e. The van der Waals surface area contributed by atoms with E-state index in [-0.39, 0.29) is 36.7 Å². The van der Waals surface area contributed by atoms with Gasteiger partial charge in [-0.3, -0.25) is 4.79 Å². The Bertz CT molecular complexity index is 771. The van der Waals surface area contributed by atoms with Crippen molar-refractivity contribution in [1.29, 1.82) is 0 Å². The number of benzene rings is 2. The van der Waals surface area contributed by atoms with E-state index in [1.54, 1.807) is 13.2 Å². The van der Waals surface area contributed by atoms with Crippen molar-refractivity contribution in [3.8, 4) is 5.75 Å². The van der Waals surface area contributed by atoms with Gasteiger partial charge in [0.05, 0.1) is 13.5 Å². The number of methoxy groups -OCH3 is 1. The lowest BCUT2D eigenvalue weighted by molar-refractivity contribution is -0.121. The van der Waals surface area contributed by atoms with Crippen molar-refractivity contribution in [3.63, 3.8) is 0 Å². The van der Waals surface area contributed by atoms with E-state index in [0.29, 0.717) is 12.1 Å². The summed E-state index contributed by atoms with van der Waals surface area (Å²) in [6.07, 6.45) is 1.00. The molecular formula is C20H23ClF2N2O2. The molecule has 2 N–H and O–H groups in total.